The molecule has 0 saturated heterocycles. The van der Waals surface area contributed by atoms with Crippen LogP contribution in [0.25, 0.3) is 0 Å². The van der Waals surface area contributed by atoms with Gasteiger partial charge in [0, 0.05) is 30.0 Å². The zero-order chi connectivity index (χ0) is 14.2. The third-order valence-electron chi connectivity index (χ3n) is 2.57. The van der Waals surface area contributed by atoms with E-state index in [0.29, 0.717) is 25.5 Å². The maximum Gasteiger partial charge on any atom is 0.224 e. The van der Waals surface area contributed by atoms with Crippen molar-refractivity contribution in [3.63, 3.8) is 0 Å². The average Bonchev–Trinajstić information content (AvgIpc) is 2.47. The van der Waals surface area contributed by atoms with Gasteiger partial charge in [-0.2, -0.15) is 0 Å². The topological polar surface area (TPSA) is 66.9 Å². The van der Waals surface area contributed by atoms with Gasteiger partial charge in [0.1, 0.15) is 0 Å². The largest absolute Gasteiger partial charge is 0.354 e. The maximum absolute atomic E-state index is 11.7. The predicted molar refractivity (Wildman–Crippen MR) is 81.4 cm³/mol. The van der Waals surface area contributed by atoms with Gasteiger partial charge in [-0.25, -0.2) is 9.97 Å². The Hall–Kier alpha value is -1.95. The second-order valence-electron chi connectivity index (χ2n) is 4.15. The molecule has 20 heavy (non-hydrogen) atoms. The monoisotopic (exact) mass is 334 g/mol. The van der Waals surface area contributed by atoms with E-state index in [2.05, 4.69) is 36.5 Å². The Kier molecular flexibility index (Phi) is 5.49. The molecule has 2 aromatic rings. The molecule has 1 aromatic carbocycles. The molecule has 0 atom stereocenters. The summed E-state index contributed by atoms with van der Waals surface area (Å²) in [7, 11) is 0. The summed E-state index contributed by atoms with van der Waals surface area (Å²) in [4.78, 5) is 19.8. The molecule has 0 unspecified atom stereocenters. The molecule has 0 radical (unpaired) electrons. The van der Waals surface area contributed by atoms with E-state index in [1.807, 2.05) is 24.3 Å². The SMILES string of the molecule is O=C(Cc1ccc(Br)cc1)NCCNc1ncccn1. The molecule has 1 heterocycles. The first-order valence-electron chi connectivity index (χ1n) is 6.26. The minimum absolute atomic E-state index is 0.00287. The van der Waals surface area contributed by atoms with Gasteiger partial charge in [0.05, 0.1) is 6.42 Å². The van der Waals surface area contributed by atoms with Crippen LogP contribution in [-0.2, 0) is 11.2 Å². The highest BCUT2D eigenvalue weighted by Gasteiger charge is 2.02. The number of rotatable bonds is 6. The van der Waals surface area contributed by atoms with Crippen molar-refractivity contribution in [3.05, 3.63) is 52.8 Å². The first kappa shape index (κ1) is 14.5. The molecule has 0 aliphatic heterocycles. The van der Waals surface area contributed by atoms with E-state index >= 15 is 0 Å². The molecule has 2 N–H and O–H groups in total. The standard InChI is InChI=1S/C14H15BrN4O/c15-12-4-2-11(3-5-12)10-13(20)16-8-9-19-14-17-6-1-7-18-14/h1-7H,8-10H2,(H,16,20)(H,17,18,19). The number of carbonyl (C=O) groups excluding carboxylic acids is 1. The smallest absolute Gasteiger partial charge is 0.224 e. The Balaban J connectivity index is 1.66. The zero-order valence-corrected chi connectivity index (χ0v) is 12.4. The summed E-state index contributed by atoms with van der Waals surface area (Å²) < 4.78 is 1.01. The number of anilines is 1. The normalized spacial score (nSPS) is 10.1. The van der Waals surface area contributed by atoms with E-state index in [1.54, 1.807) is 18.5 Å². The van der Waals surface area contributed by atoms with Crippen molar-refractivity contribution in [2.75, 3.05) is 18.4 Å². The molecule has 1 aromatic heterocycles. The number of aromatic nitrogens is 2. The van der Waals surface area contributed by atoms with Gasteiger partial charge in [0.25, 0.3) is 0 Å². The second-order valence-corrected chi connectivity index (χ2v) is 5.07. The molecule has 0 saturated carbocycles. The fourth-order valence-electron chi connectivity index (χ4n) is 1.62. The van der Waals surface area contributed by atoms with Crippen LogP contribution >= 0.6 is 15.9 Å². The van der Waals surface area contributed by atoms with E-state index in [1.165, 1.54) is 0 Å². The summed E-state index contributed by atoms with van der Waals surface area (Å²) in [5.74, 6) is 0.567. The van der Waals surface area contributed by atoms with Crippen LogP contribution in [0.3, 0.4) is 0 Å². The van der Waals surface area contributed by atoms with Crippen LogP contribution in [-0.4, -0.2) is 29.0 Å². The minimum atomic E-state index is 0.00287. The van der Waals surface area contributed by atoms with Gasteiger partial charge in [-0.3, -0.25) is 4.79 Å². The Bertz CT molecular complexity index is 545. The number of nitrogens with zero attached hydrogens (tertiary/aromatic N) is 2. The predicted octanol–water partition coefficient (Wildman–Crippen LogP) is 2.01. The molecule has 0 bridgehead atoms. The van der Waals surface area contributed by atoms with Gasteiger partial charge in [-0.15, -0.1) is 0 Å². The summed E-state index contributed by atoms with van der Waals surface area (Å²) in [5.41, 5.74) is 0.991. The van der Waals surface area contributed by atoms with Crippen LogP contribution < -0.4 is 10.6 Å². The fourth-order valence-corrected chi connectivity index (χ4v) is 1.88. The fraction of sp³-hybridized carbons (Fsp3) is 0.214. The number of amides is 1. The van der Waals surface area contributed by atoms with Crippen molar-refractivity contribution in [1.82, 2.24) is 15.3 Å². The van der Waals surface area contributed by atoms with Crippen LogP contribution in [0.1, 0.15) is 5.56 Å². The van der Waals surface area contributed by atoms with Gasteiger partial charge in [-0.1, -0.05) is 28.1 Å². The number of hydrogen-bond donors (Lipinski definition) is 2. The molecule has 6 heteroatoms. The van der Waals surface area contributed by atoms with Crippen molar-refractivity contribution in [2.45, 2.75) is 6.42 Å². The second kappa shape index (κ2) is 7.59. The molecule has 0 spiro atoms. The van der Waals surface area contributed by atoms with Crippen LogP contribution in [0, 0.1) is 0 Å². The van der Waals surface area contributed by atoms with Gasteiger partial charge >= 0.3 is 0 Å². The molecule has 104 valence electrons. The lowest BCUT2D eigenvalue weighted by molar-refractivity contribution is -0.120. The van der Waals surface area contributed by atoms with Crippen LogP contribution in [0.5, 0.6) is 0 Å². The number of benzene rings is 1. The third kappa shape index (κ3) is 4.97. The Labute approximate surface area is 126 Å². The highest BCUT2D eigenvalue weighted by Crippen LogP contribution is 2.10. The van der Waals surface area contributed by atoms with Crippen molar-refractivity contribution in [3.8, 4) is 0 Å². The molecule has 0 aliphatic carbocycles. The maximum atomic E-state index is 11.7. The van der Waals surface area contributed by atoms with Gasteiger partial charge in [0.15, 0.2) is 0 Å². The molecule has 0 aliphatic rings. The summed E-state index contributed by atoms with van der Waals surface area (Å²) in [5, 5.41) is 5.88. The molecular formula is C14H15BrN4O. The Morgan fingerprint density at radius 1 is 1.10 bits per heavy atom. The van der Waals surface area contributed by atoms with Gasteiger partial charge in [-0.05, 0) is 23.8 Å². The van der Waals surface area contributed by atoms with Gasteiger partial charge < -0.3 is 10.6 Å². The number of halogens is 1. The van der Waals surface area contributed by atoms with Crippen molar-refractivity contribution in [1.29, 1.82) is 0 Å². The lowest BCUT2D eigenvalue weighted by Gasteiger charge is -2.06. The van der Waals surface area contributed by atoms with E-state index in [-0.39, 0.29) is 5.91 Å². The molecular weight excluding hydrogens is 320 g/mol. The minimum Gasteiger partial charge on any atom is -0.354 e. The lowest BCUT2D eigenvalue weighted by Crippen LogP contribution is -2.30. The molecule has 2 rings (SSSR count). The number of hydrogen-bond acceptors (Lipinski definition) is 4. The highest BCUT2D eigenvalue weighted by molar-refractivity contribution is 9.10. The summed E-state index contributed by atoms with van der Waals surface area (Å²) in [6, 6.07) is 9.47. The van der Waals surface area contributed by atoms with Crippen LogP contribution in [0.4, 0.5) is 5.95 Å². The van der Waals surface area contributed by atoms with E-state index < -0.39 is 0 Å². The van der Waals surface area contributed by atoms with E-state index in [9.17, 15) is 4.79 Å². The quantitative estimate of drug-likeness (QED) is 0.793. The van der Waals surface area contributed by atoms with E-state index in [4.69, 9.17) is 0 Å². The number of nitrogens with one attached hydrogen (secondary N) is 2. The Morgan fingerprint density at radius 2 is 1.80 bits per heavy atom. The zero-order valence-electron chi connectivity index (χ0n) is 10.8. The van der Waals surface area contributed by atoms with Gasteiger partial charge in [0.2, 0.25) is 11.9 Å². The van der Waals surface area contributed by atoms with E-state index in [0.717, 1.165) is 10.0 Å². The van der Waals surface area contributed by atoms with Crippen molar-refractivity contribution in [2.24, 2.45) is 0 Å². The van der Waals surface area contributed by atoms with Crippen LogP contribution in [0.2, 0.25) is 0 Å². The third-order valence-corrected chi connectivity index (χ3v) is 3.10. The summed E-state index contributed by atoms with van der Waals surface area (Å²) >= 11 is 3.36. The summed E-state index contributed by atoms with van der Waals surface area (Å²) in [6.07, 6.45) is 3.72. The first-order chi connectivity index (χ1) is 9.74. The molecule has 1 amide bonds. The number of carbonyl (C=O) groups is 1. The lowest BCUT2D eigenvalue weighted by atomic mass is 10.1. The molecule has 5 nitrogen and oxygen atoms in total. The summed E-state index contributed by atoms with van der Waals surface area (Å²) in [6.45, 7) is 1.13. The highest BCUT2D eigenvalue weighted by atomic mass is 79.9. The first-order valence-corrected chi connectivity index (χ1v) is 7.05. The van der Waals surface area contributed by atoms with Crippen LogP contribution in [0.15, 0.2) is 47.2 Å². The average molecular weight is 335 g/mol. The Morgan fingerprint density at radius 3 is 2.50 bits per heavy atom. The van der Waals surface area contributed by atoms with Crippen molar-refractivity contribution >= 4 is 27.8 Å². The molecule has 0 fully saturated rings. The van der Waals surface area contributed by atoms with Crippen molar-refractivity contribution < 1.29 is 4.79 Å².